The maximum absolute atomic E-state index is 9.92. The molecule has 0 amide bonds. The number of hydrogen-bond acceptors (Lipinski definition) is 3. The molecule has 8 rings (SSSR count). The van der Waals surface area contributed by atoms with Crippen molar-refractivity contribution in [2.24, 2.45) is 0 Å². The molecular formula is C43H30N4. The highest BCUT2D eigenvalue weighted by Crippen LogP contribution is 2.49. The second-order valence-electron chi connectivity index (χ2n) is 12.0. The van der Waals surface area contributed by atoms with Gasteiger partial charge in [-0.25, -0.2) is 0 Å². The minimum Gasteiger partial charge on any atom is -0.333 e. The number of anilines is 2. The van der Waals surface area contributed by atoms with E-state index in [9.17, 15) is 10.5 Å². The SMILES string of the molecule is C/C(=C\C(=C/C#N)c1ccccc1N1c2ccccc2C2C=CC=CC21)c1ccc(-n2c3ccccc3c3c(C#N)cccc32)cc1. The van der Waals surface area contributed by atoms with E-state index in [2.05, 4.69) is 144 Å². The molecule has 5 aromatic carbocycles. The van der Waals surface area contributed by atoms with Gasteiger partial charge in [-0.1, -0.05) is 103 Å². The number of nitrogens with zero attached hydrogens (tertiary/aromatic N) is 4. The molecule has 47 heavy (non-hydrogen) atoms. The monoisotopic (exact) mass is 602 g/mol. The summed E-state index contributed by atoms with van der Waals surface area (Å²) >= 11 is 0. The summed E-state index contributed by atoms with van der Waals surface area (Å²) in [6.07, 6.45) is 12.6. The number of rotatable bonds is 5. The highest BCUT2D eigenvalue weighted by Gasteiger charge is 2.37. The van der Waals surface area contributed by atoms with Gasteiger partial charge in [0, 0.05) is 45.4 Å². The molecule has 2 aliphatic rings. The van der Waals surface area contributed by atoms with E-state index in [0.29, 0.717) is 5.56 Å². The molecule has 1 aliphatic carbocycles. The zero-order valence-electron chi connectivity index (χ0n) is 25.9. The molecule has 0 spiro atoms. The molecule has 1 aromatic heterocycles. The van der Waals surface area contributed by atoms with E-state index in [1.54, 1.807) is 6.08 Å². The topological polar surface area (TPSA) is 55.8 Å². The van der Waals surface area contributed by atoms with Crippen LogP contribution in [0.25, 0.3) is 38.6 Å². The minimum atomic E-state index is 0.171. The fraction of sp³-hybridized carbons (Fsp3) is 0.0698. The second kappa shape index (κ2) is 11.5. The van der Waals surface area contributed by atoms with Gasteiger partial charge < -0.3 is 9.47 Å². The smallest absolute Gasteiger partial charge is 0.0998 e. The van der Waals surface area contributed by atoms with Crippen LogP contribution in [0, 0.1) is 22.7 Å². The zero-order chi connectivity index (χ0) is 31.9. The van der Waals surface area contributed by atoms with Crippen LogP contribution < -0.4 is 4.90 Å². The normalized spacial score (nSPS) is 17.0. The molecule has 2 atom stereocenters. The lowest BCUT2D eigenvalue weighted by atomic mass is 9.91. The van der Waals surface area contributed by atoms with Gasteiger partial charge in [-0.2, -0.15) is 10.5 Å². The molecule has 222 valence electrons. The lowest BCUT2D eigenvalue weighted by Gasteiger charge is -2.30. The number of hydrogen-bond donors (Lipinski definition) is 0. The number of fused-ring (bicyclic) bond motifs is 6. The van der Waals surface area contributed by atoms with Crippen molar-refractivity contribution in [3.63, 3.8) is 0 Å². The van der Waals surface area contributed by atoms with E-state index in [1.165, 1.54) is 11.3 Å². The largest absolute Gasteiger partial charge is 0.333 e. The Labute approximate surface area is 274 Å². The van der Waals surface area contributed by atoms with E-state index in [0.717, 1.165) is 55.5 Å². The van der Waals surface area contributed by atoms with Crippen LogP contribution in [0.3, 0.4) is 0 Å². The molecule has 0 radical (unpaired) electrons. The van der Waals surface area contributed by atoms with Crippen LogP contribution in [0.1, 0.15) is 35.1 Å². The number of allylic oxidation sites excluding steroid dienone is 6. The van der Waals surface area contributed by atoms with Gasteiger partial charge >= 0.3 is 0 Å². The van der Waals surface area contributed by atoms with E-state index >= 15 is 0 Å². The summed E-state index contributed by atoms with van der Waals surface area (Å²) in [6, 6.07) is 44.5. The Morgan fingerprint density at radius 3 is 2.28 bits per heavy atom. The van der Waals surface area contributed by atoms with E-state index in [-0.39, 0.29) is 12.0 Å². The van der Waals surface area contributed by atoms with Crippen molar-refractivity contribution in [1.29, 1.82) is 10.5 Å². The van der Waals surface area contributed by atoms with Crippen LogP contribution in [0.15, 0.2) is 152 Å². The van der Waals surface area contributed by atoms with Crippen molar-refractivity contribution in [3.8, 4) is 17.8 Å². The maximum Gasteiger partial charge on any atom is 0.0998 e. The Kier molecular flexibility index (Phi) is 6.90. The molecular weight excluding hydrogens is 573 g/mol. The molecule has 1 aliphatic heterocycles. The standard InChI is InChI=1S/C43H30N4/c1-29(30-21-23-33(24-22-30)46-41-19-9-5-15-37(41)43-32(28-45)11-10-20-42(43)46)27-31(25-26-44)34-12-2-6-16-38(34)47-39-17-7-3-13-35(39)36-14-4-8-18-40(36)47/h2-25,27,35,39H,1H3/b29-27+,31-25+. The summed E-state index contributed by atoms with van der Waals surface area (Å²) in [5.74, 6) is 0.282. The fourth-order valence-electron chi connectivity index (χ4n) is 7.34. The molecule has 2 unspecified atom stereocenters. The lowest BCUT2D eigenvalue weighted by molar-refractivity contribution is 0.744. The van der Waals surface area contributed by atoms with Crippen LogP contribution in [-0.4, -0.2) is 10.6 Å². The first kappa shape index (κ1) is 28.1. The maximum atomic E-state index is 9.92. The average Bonchev–Trinajstić information content (AvgIpc) is 3.65. The summed E-state index contributed by atoms with van der Waals surface area (Å²) in [4.78, 5) is 2.42. The van der Waals surface area contributed by atoms with Gasteiger partial charge in [-0.05, 0) is 71.7 Å². The third kappa shape index (κ3) is 4.59. The van der Waals surface area contributed by atoms with E-state index in [1.807, 2.05) is 30.3 Å². The molecule has 2 heterocycles. The van der Waals surface area contributed by atoms with Gasteiger partial charge in [0.2, 0.25) is 0 Å². The van der Waals surface area contributed by atoms with Crippen molar-refractivity contribution in [2.75, 3.05) is 4.90 Å². The van der Waals surface area contributed by atoms with Crippen LogP contribution >= 0.6 is 0 Å². The molecule has 0 fully saturated rings. The predicted molar refractivity (Wildman–Crippen MR) is 193 cm³/mol. The first-order chi connectivity index (χ1) is 23.2. The van der Waals surface area contributed by atoms with Crippen LogP contribution in [0.4, 0.5) is 11.4 Å². The zero-order valence-corrected chi connectivity index (χ0v) is 25.9. The Morgan fingerprint density at radius 1 is 0.723 bits per heavy atom. The van der Waals surface area contributed by atoms with Gasteiger partial charge in [-0.3, -0.25) is 0 Å². The summed E-state index contributed by atoms with van der Waals surface area (Å²) in [7, 11) is 0. The van der Waals surface area contributed by atoms with E-state index in [4.69, 9.17) is 0 Å². The van der Waals surface area contributed by atoms with Gasteiger partial charge in [0.15, 0.2) is 0 Å². The van der Waals surface area contributed by atoms with Crippen molar-refractivity contribution < 1.29 is 0 Å². The minimum absolute atomic E-state index is 0.171. The molecule has 4 nitrogen and oxygen atoms in total. The third-order valence-electron chi connectivity index (χ3n) is 9.42. The molecule has 4 heteroatoms. The molecule has 0 saturated heterocycles. The number of para-hydroxylation sites is 3. The highest BCUT2D eigenvalue weighted by atomic mass is 15.2. The van der Waals surface area contributed by atoms with Crippen molar-refractivity contribution in [1.82, 2.24) is 4.57 Å². The van der Waals surface area contributed by atoms with Crippen LogP contribution in [0.2, 0.25) is 0 Å². The number of benzene rings is 5. The van der Waals surface area contributed by atoms with Crippen LogP contribution in [-0.2, 0) is 0 Å². The lowest BCUT2D eigenvalue weighted by Crippen LogP contribution is -2.29. The summed E-state index contributed by atoms with van der Waals surface area (Å²) in [5, 5.41) is 21.8. The Morgan fingerprint density at radius 2 is 1.45 bits per heavy atom. The molecule has 0 N–H and O–H groups in total. The fourth-order valence-corrected chi connectivity index (χ4v) is 7.34. The van der Waals surface area contributed by atoms with Gasteiger partial charge in [-0.15, -0.1) is 0 Å². The van der Waals surface area contributed by atoms with Crippen molar-refractivity contribution in [2.45, 2.75) is 18.9 Å². The van der Waals surface area contributed by atoms with Gasteiger partial charge in [0.05, 0.1) is 34.8 Å². The van der Waals surface area contributed by atoms with Gasteiger partial charge in [0.25, 0.3) is 0 Å². The molecule has 0 saturated carbocycles. The van der Waals surface area contributed by atoms with Crippen molar-refractivity contribution in [3.05, 3.63) is 174 Å². The van der Waals surface area contributed by atoms with E-state index < -0.39 is 0 Å². The molecule has 0 bridgehead atoms. The second-order valence-corrected chi connectivity index (χ2v) is 12.0. The third-order valence-corrected chi connectivity index (χ3v) is 9.42. The first-order valence-corrected chi connectivity index (χ1v) is 15.8. The summed E-state index contributed by atoms with van der Waals surface area (Å²) in [5.41, 5.74) is 11.4. The summed E-state index contributed by atoms with van der Waals surface area (Å²) < 4.78 is 2.22. The number of aromatic nitrogens is 1. The average molecular weight is 603 g/mol. The quantitative estimate of drug-likeness (QED) is 0.146. The predicted octanol–water partition coefficient (Wildman–Crippen LogP) is 10.4. The first-order valence-electron chi connectivity index (χ1n) is 15.8. The highest BCUT2D eigenvalue weighted by molar-refractivity contribution is 6.11. The Balaban J connectivity index is 1.18. The van der Waals surface area contributed by atoms with Crippen LogP contribution in [0.5, 0.6) is 0 Å². The molecule has 6 aromatic rings. The van der Waals surface area contributed by atoms with Crippen molar-refractivity contribution >= 4 is 44.3 Å². The van der Waals surface area contributed by atoms with Gasteiger partial charge in [0.1, 0.15) is 0 Å². The Bertz CT molecular complexity index is 2400. The summed E-state index contributed by atoms with van der Waals surface area (Å²) in [6.45, 7) is 2.10. The number of nitriles is 2. The Hall–Kier alpha value is -6.36.